The number of nitro groups is 1. The summed E-state index contributed by atoms with van der Waals surface area (Å²) in [5.41, 5.74) is 4.72. The number of nitrogens with zero attached hydrogens (tertiary/aromatic N) is 4. The number of halogens is 3. The van der Waals surface area contributed by atoms with Crippen molar-refractivity contribution in [3.63, 3.8) is 0 Å². The predicted octanol–water partition coefficient (Wildman–Crippen LogP) is 7.84. The maximum absolute atomic E-state index is 11.5. The molecular formula is C26H23Cl3N4O3S. The van der Waals surface area contributed by atoms with E-state index < -0.39 is 5.25 Å². The Balaban J connectivity index is 1.58. The summed E-state index contributed by atoms with van der Waals surface area (Å²) in [6.07, 6.45) is 0. The monoisotopic (exact) mass is 576 g/mol. The van der Waals surface area contributed by atoms with E-state index in [1.165, 1.54) is 17.3 Å². The van der Waals surface area contributed by atoms with E-state index >= 15 is 0 Å². The largest absolute Gasteiger partial charge is 0.487 e. The molecule has 0 spiro atoms. The van der Waals surface area contributed by atoms with E-state index in [0.29, 0.717) is 37.4 Å². The van der Waals surface area contributed by atoms with Crippen molar-refractivity contribution in [3.8, 4) is 11.4 Å². The molecule has 0 saturated carbocycles. The maximum atomic E-state index is 11.5. The van der Waals surface area contributed by atoms with E-state index in [4.69, 9.17) is 39.5 Å². The van der Waals surface area contributed by atoms with Crippen molar-refractivity contribution >= 4 is 46.6 Å². The summed E-state index contributed by atoms with van der Waals surface area (Å²) in [6.45, 7) is 5.85. The normalized spacial score (nSPS) is 11.9. The van der Waals surface area contributed by atoms with Crippen LogP contribution in [0, 0.1) is 30.9 Å². The van der Waals surface area contributed by atoms with Crippen molar-refractivity contribution in [1.82, 2.24) is 14.8 Å². The van der Waals surface area contributed by atoms with Gasteiger partial charge in [-0.3, -0.25) is 14.7 Å². The molecule has 0 fully saturated rings. The van der Waals surface area contributed by atoms with Gasteiger partial charge >= 0.3 is 0 Å². The van der Waals surface area contributed by atoms with Crippen molar-refractivity contribution in [2.45, 2.75) is 37.8 Å². The highest BCUT2D eigenvalue weighted by molar-refractivity contribution is 7.99. The molecule has 192 valence electrons. The van der Waals surface area contributed by atoms with Crippen LogP contribution in [0.15, 0.2) is 59.8 Å². The predicted molar refractivity (Wildman–Crippen MR) is 148 cm³/mol. The molecule has 0 aliphatic carbocycles. The first-order valence-corrected chi connectivity index (χ1v) is 13.3. The number of rotatable bonds is 9. The minimum atomic E-state index is -0.550. The fraction of sp³-hybridized carbons (Fsp3) is 0.231. The van der Waals surface area contributed by atoms with Crippen molar-refractivity contribution in [3.05, 3.63) is 108 Å². The minimum absolute atomic E-state index is 0.237. The van der Waals surface area contributed by atoms with Crippen molar-refractivity contribution in [1.29, 1.82) is 0 Å². The van der Waals surface area contributed by atoms with E-state index in [9.17, 15) is 10.1 Å². The Morgan fingerprint density at radius 1 is 0.946 bits per heavy atom. The summed E-state index contributed by atoms with van der Waals surface area (Å²) in [6, 6.07) is 16.5. The topological polar surface area (TPSA) is 83.1 Å². The molecule has 11 heteroatoms. The zero-order chi connectivity index (χ0) is 26.7. The zero-order valence-electron chi connectivity index (χ0n) is 20.2. The molecule has 1 heterocycles. The second kappa shape index (κ2) is 11.7. The Kier molecular flexibility index (Phi) is 8.64. The number of thioether (sulfide) groups is 1. The molecule has 3 aromatic carbocycles. The molecule has 0 aliphatic rings. The lowest BCUT2D eigenvalue weighted by Gasteiger charge is -2.16. The van der Waals surface area contributed by atoms with Gasteiger partial charge in [-0.05, 0) is 79.4 Å². The zero-order valence-corrected chi connectivity index (χ0v) is 23.3. The van der Waals surface area contributed by atoms with E-state index in [1.54, 1.807) is 30.3 Å². The highest BCUT2D eigenvalue weighted by Gasteiger charge is 2.25. The Morgan fingerprint density at radius 3 is 2.41 bits per heavy atom. The van der Waals surface area contributed by atoms with E-state index in [-0.39, 0.29) is 18.1 Å². The SMILES string of the molecule is Cc1ccc(-n2c(C)nnc2S[C@H](C[N+](=O)[O-])c2ccc(OCc3ccc(Cl)c(Cl)c3)c(Cl)c2)cc1C. The maximum Gasteiger partial charge on any atom is 0.220 e. The molecule has 7 nitrogen and oxygen atoms in total. The average molecular weight is 578 g/mol. The Bertz CT molecular complexity index is 1460. The lowest BCUT2D eigenvalue weighted by Crippen LogP contribution is -2.11. The van der Waals surface area contributed by atoms with Gasteiger partial charge in [-0.15, -0.1) is 10.2 Å². The molecule has 0 saturated heterocycles. The summed E-state index contributed by atoms with van der Waals surface area (Å²) in [4.78, 5) is 11.2. The number of aryl methyl sites for hydroxylation is 3. The first-order chi connectivity index (χ1) is 17.6. The molecule has 4 rings (SSSR count). The quantitative estimate of drug-likeness (QED) is 0.114. The van der Waals surface area contributed by atoms with Gasteiger partial charge in [0.25, 0.3) is 0 Å². The van der Waals surface area contributed by atoms with Crippen molar-refractivity contribution < 1.29 is 9.66 Å². The molecule has 1 aromatic heterocycles. The lowest BCUT2D eigenvalue weighted by atomic mass is 10.1. The molecular weight excluding hydrogens is 555 g/mol. The molecule has 0 unspecified atom stereocenters. The second-order valence-electron chi connectivity index (χ2n) is 8.48. The lowest BCUT2D eigenvalue weighted by molar-refractivity contribution is -0.479. The Labute approximate surface area is 233 Å². The van der Waals surface area contributed by atoms with Crippen molar-refractivity contribution in [2.24, 2.45) is 0 Å². The number of hydrogen-bond donors (Lipinski definition) is 0. The Hall–Kier alpha value is -2.78. The summed E-state index contributed by atoms with van der Waals surface area (Å²) in [7, 11) is 0. The van der Waals surface area contributed by atoms with Gasteiger partial charge in [0.05, 0.1) is 15.1 Å². The van der Waals surface area contributed by atoms with Gasteiger partial charge < -0.3 is 4.74 Å². The third kappa shape index (κ3) is 6.57. The fourth-order valence-corrected chi connectivity index (χ4v) is 5.41. The Morgan fingerprint density at radius 2 is 1.73 bits per heavy atom. The van der Waals surface area contributed by atoms with Crippen LogP contribution in [0.5, 0.6) is 5.75 Å². The van der Waals surface area contributed by atoms with Gasteiger partial charge in [0.15, 0.2) is 5.16 Å². The third-order valence-electron chi connectivity index (χ3n) is 5.81. The smallest absolute Gasteiger partial charge is 0.220 e. The van der Waals surface area contributed by atoms with E-state index in [0.717, 1.165) is 16.8 Å². The van der Waals surface area contributed by atoms with Crippen LogP contribution in [0.1, 0.15) is 33.3 Å². The van der Waals surface area contributed by atoms with Gasteiger partial charge in [0.1, 0.15) is 23.4 Å². The average Bonchev–Trinajstić information content (AvgIpc) is 3.21. The fourth-order valence-electron chi connectivity index (χ4n) is 3.68. The number of aromatic nitrogens is 3. The first kappa shape index (κ1) is 27.3. The molecule has 0 aliphatic heterocycles. The molecule has 0 bridgehead atoms. The van der Waals surface area contributed by atoms with Gasteiger partial charge in [-0.25, -0.2) is 0 Å². The summed E-state index contributed by atoms with van der Waals surface area (Å²) in [5, 5.41) is 21.3. The summed E-state index contributed by atoms with van der Waals surface area (Å²) < 4.78 is 7.76. The van der Waals surface area contributed by atoms with Crippen LogP contribution in [-0.4, -0.2) is 26.2 Å². The summed E-state index contributed by atoms with van der Waals surface area (Å²) >= 11 is 19.8. The van der Waals surface area contributed by atoms with Crippen LogP contribution in [0.2, 0.25) is 15.1 Å². The molecule has 0 radical (unpaired) electrons. The van der Waals surface area contributed by atoms with Gasteiger partial charge in [0.2, 0.25) is 6.54 Å². The van der Waals surface area contributed by atoms with Crippen LogP contribution >= 0.6 is 46.6 Å². The van der Waals surface area contributed by atoms with Crippen LogP contribution in [-0.2, 0) is 6.61 Å². The summed E-state index contributed by atoms with van der Waals surface area (Å²) in [5.74, 6) is 1.14. The minimum Gasteiger partial charge on any atom is -0.487 e. The van der Waals surface area contributed by atoms with Crippen LogP contribution < -0.4 is 4.74 Å². The number of ether oxygens (including phenoxy) is 1. The second-order valence-corrected chi connectivity index (χ2v) is 10.9. The molecule has 37 heavy (non-hydrogen) atoms. The standard InChI is InChI=1S/C26H23Cl3N4O3S/c1-15-4-7-20(10-16(15)2)33-17(3)30-31-26(33)37-25(13-32(34)35)19-6-9-24(23(29)12-19)36-14-18-5-8-21(27)22(28)11-18/h4-12,25H,13-14H2,1-3H3/t25-/m1/s1. The van der Waals surface area contributed by atoms with Gasteiger partial charge in [-0.2, -0.15) is 0 Å². The van der Waals surface area contributed by atoms with E-state index in [1.807, 2.05) is 43.5 Å². The molecule has 1 atom stereocenters. The molecule has 0 amide bonds. The third-order valence-corrected chi connectivity index (χ3v) is 8.03. The number of hydrogen-bond acceptors (Lipinski definition) is 6. The van der Waals surface area contributed by atoms with Crippen LogP contribution in [0.3, 0.4) is 0 Å². The van der Waals surface area contributed by atoms with Crippen LogP contribution in [0.4, 0.5) is 0 Å². The van der Waals surface area contributed by atoms with Crippen LogP contribution in [0.25, 0.3) is 5.69 Å². The number of benzene rings is 3. The first-order valence-electron chi connectivity index (χ1n) is 11.3. The van der Waals surface area contributed by atoms with E-state index in [2.05, 4.69) is 16.3 Å². The van der Waals surface area contributed by atoms with Gasteiger partial charge in [-0.1, -0.05) is 64.8 Å². The van der Waals surface area contributed by atoms with Crippen molar-refractivity contribution in [2.75, 3.05) is 6.54 Å². The highest BCUT2D eigenvalue weighted by atomic mass is 35.5. The molecule has 0 N–H and O–H groups in total. The highest BCUT2D eigenvalue weighted by Crippen LogP contribution is 2.39. The molecule has 4 aromatic rings. The van der Waals surface area contributed by atoms with Gasteiger partial charge in [0, 0.05) is 10.6 Å².